The Morgan fingerprint density at radius 2 is 2.22 bits per heavy atom. The third-order valence-electron chi connectivity index (χ3n) is 2.99. The molecular formula is C12H23N3O3. The highest BCUT2D eigenvalue weighted by atomic mass is 16.5. The van der Waals surface area contributed by atoms with Gasteiger partial charge in [-0.1, -0.05) is 6.42 Å². The zero-order chi connectivity index (χ0) is 13.4. The van der Waals surface area contributed by atoms with Crippen LogP contribution in [0.5, 0.6) is 0 Å². The lowest BCUT2D eigenvalue weighted by molar-refractivity contribution is -0.136. The van der Waals surface area contributed by atoms with Crippen LogP contribution in [0, 0.1) is 0 Å². The van der Waals surface area contributed by atoms with Crippen molar-refractivity contribution < 1.29 is 14.3 Å². The predicted molar refractivity (Wildman–Crippen MR) is 68.2 cm³/mol. The van der Waals surface area contributed by atoms with Crippen LogP contribution in [0.4, 0.5) is 0 Å². The average Bonchev–Trinajstić information content (AvgIpc) is 2.39. The molecule has 18 heavy (non-hydrogen) atoms. The van der Waals surface area contributed by atoms with Gasteiger partial charge in [0.2, 0.25) is 11.8 Å². The van der Waals surface area contributed by atoms with Crippen molar-refractivity contribution >= 4 is 11.8 Å². The number of hydrogen-bond donors (Lipinski definition) is 2. The van der Waals surface area contributed by atoms with Crippen molar-refractivity contribution in [2.45, 2.75) is 25.3 Å². The highest BCUT2D eigenvalue weighted by Gasteiger charge is 2.24. The van der Waals surface area contributed by atoms with Gasteiger partial charge in [0.1, 0.15) is 0 Å². The first-order valence-corrected chi connectivity index (χ1v) is 6.39. The highest BCUT2D eigenvalue weighted by molar-refractivity contribution is 5.87. The van der Waals surface area contributed by atoms with Gasteiger partial charge in [-0.2, -0.15) is 0 Å². The number of hydrogen-bond acceptors (Lipinski definition) is 4. The van der Waals surface area contributed by atoms with Gasteiger partial charge in [-0.3, -0.25) is 9.59 Å². The van der Waals surface area contributed by atoms with Gasteiger partial charge in [-0.05, 0) is 19.4 Å². The summed E-state index contributed by atoms with van der Waals surface area (Å²) >= 11 is 0. The lowest BCUT2D eigenvalue weighted by Gasteiger charge is -2.27. The lowest BCUT2D eigenvalue weighted by Crippen LogP contribution is -2.49. The third-order valence-corrected chi connectivity index (χ3v) is 2.99. The molecule has 6 nitrogen and oxygen atoms in total. The van der Waals surface area contributed by atoms with E-state index in [2.05, 4.69) is 10.6 Å². The first-order chi connectivity index (χ1) is 8.65. The zero-order valence-electron chi connectivity index (χ0n) is 11.2. The number of nitrogens with zero attached hydrogens (tertiary/aromatic N) is 1. The SMILES string of the molecule is COCCNC(=O)CN(C)C(=O)[C@H]1CCCCN1. The molecule has 0 aromatic heterocycles. The number of amides is 2. The summed E-state index contributed by atoms with van der Waals surface area (Å²) in [6.07, 6.45) is 3.04. The molecule has 0 spiro atoms. The molecule has 1 fully saturated rings. The summed E-state index contributed by atoms with van der Waals surface area (Å²) in [6, 6.07) is -0.129. The standard InChI is InChI=1S/C12H23N3O3/c1-15(9-11(16)14-7-8-18-2)12(17)10-5-3-4-6-13-10/h10,13H,3-9H2,1-2H3,(H,14,16)/t10-/m1/s1. The van der Waals surface area contributed by atoms with Crippen molar-refractivity contribution in [3.8, 4) is 0 Å². The number of piperidine rings is 1. The topological polar surface area (TPSA) is 70.7 Å². The first kappa shape index (κ1) is 14.9. The predicted octanol–water partition coefficient (Wildman–Crippen LogP) is -0.650. The minimum atomic E-state index is -0.154. The monoisotopic (exact) mass is 257 g/mol. The average molecular weight is 257 g/mol. The van der Waals surface area contributed by atoms with Crippen molar-refractivity contribution in [2.75, 3.05) is 40.4 Å². The fourth-order valence-corrected chi connectivity index (χ4v) is 1.97. The summed E-state index contributed by atoms with van der Waals surface area (Å²) < 4.78 is 4.83. The van der Waals surface area contributed by atoms with Gasteiger partial charge < -0.3 is 20.3 Å². The number of carbonyl (C=O) groups is 2. The Labute approximate surface area is 108 Å². The summed E-state index contributed by atoms with van der Waals surface area (Å²) in [6.45, 7) is 1.93. The number of carbonyl (C=O) groups excluding carboxylic acids is 2. The minimum absolute atomic E-state index is 0.00316. The van der Waals surface area contributed by atoms with Crippen LogP contribution in [0.1, 0.15) is 19.3 Å². The smallest absolute Gasteiger partial charge is 0.239 e. The largest absolute Gasteiger partial charge is 0.383 e. The van der Waals surface area contributed by atoms with E-state index in [0.29, 0.717) is 13.2 Å². The molecule has 1 aliphatic rings. The Hall–Kier alpha value is -1.14. The third kappa shape index (κ3) is 5.01. The molecule has 2 amide bonds. The van der Waals surface area contributed by atoms with Crippen molar-refractivity contribution in [2.24, 2.45) is 0 Å². The first-order valence-electron chi connectivity index (χ1n) is 6.39. The quantitative estimate of drug-likeness (QED) is 0.620. The molecule has 1 saturated heterocycles. The molecule has 0 aromatic carbocycles. The molecule has 0 saturated carbocycles. The van der Waals surface area contributed by atoms with Gasteiger partial charge in [0, 0.05) is 20.7 Å². The molecule has 0 radical (unpaired) electrons. The maximum atomic E-state index is 12.0. The van der Waals surface area contributed by atoms with E-state index in [-0.39, 0.29) is 24.4 Å². The number of likely N-dealkylation sites (N-methyl/N-ethyl adjacent to an activating group) is 1. The summed E-state index contributed by atoms with van der Waals surface area (Å²) in [4.78, 5) is 25.0. The molecular weight excluding hydrogens is 234 g/mol. The second-order valence-electron chi connectivity index (χ2n) is 4.54. The van der Waals surface area contributed by atoms with E-state index in [0.717, 1.165) is 25.8 Å². The Kier molecular flexibility index (Phi) is 6.67. The molecule has 1 rings (SSSR count). The second-order valence-corrected chi connectivity index (χ2v) is 4.54. The van der Waals surface area contributed by atoms with E-state index in [9.17, 15) is 9.59 Å². The van der Waals surface area contributed by atoms with E-state index in [4.69, 9.17) is 4.74 Å². The molecule has 1 atom stereocenters. The van der Waals surface area contributed by atoms with Gasteiger partial charge in [-0.25, -0.2) is 0 Å². The van der Waals surface area contributed by atoms with Gasteiger partial charge in [0.15, 0.2) is 0 Å². The fraction of sp³-hybridized carbons (Fsp3) is 0.833. The minimum Gasteiger partial charge on any atom is -0.383 e. The van der Waals surface area contributed by atoms with Crippen LogP contribution >= 0.6 is 0 Å². The number of ether oxygens (including phenoxy) is 1. The normalized spacial score (nSPS) is 19.3. The molecule has 0 aromatic rings. The van der Waals surface area contributed by atoms with Gasteiger partial charge in [0.25, 0.3) is 0 Å². The number of nitrogens with one attached hydrogen (secondary N) is 2. The van der Waals surface area contributed by atoms with Crippen LogP contribution < -0.4 is 10.6 Å². The van der Waals surface area contributed by atoms with Crippen LogP contribution in [0.15, 0.2) is 0 Å². The van der Waals surface area contributed by atoms with Crippen LogP contribution in [-0.4, -0.2) is 63.2 Å². The highest BCUT2D eigenvalue weighted by Crippen LogP contribution is 2.08. The van der Waals surface area contributed by atoms with Crippen LogP contribution in [-0.2, 0) is 14.3 Å². The van der Waals surface area contributed by atoms with Crippen molar-refractivity contribution in [1.82, 2.24) is 15.5 Å². The summed E-state index contributed by atoms with van der Waals surface area (Å²) in [5.41, 5.74) is 0. The fourth-order valence-electron chi connectivity index (χ4n) is 1.97. The number of methoxy groups -OCH3 is 1. The van der Waals surface area contributed by atoms with Crippen LogP contribution in [0.3, 0.4) is 0 Å². The lowest BCUT2D eigenvalue weighted by atomic mass is 10.0. The van der Waals surface area contributed by atoms with Crippen molar-refractivity contribution in [3.05, 3.63) is 0 Å². The maximum Gasteiger partial charge on any atom is 0.239 e. The summed E-state index contributed by atoms with van der Waals surface area (Å²) in [5.74, 6) is -0.157. The van der Waals surface area contributed by atoms with E-state index in [1.54, 1.807) is 14.2 Å². The number of rotatable bonds is 6. The van der Waals surface area contributed by atoms with Gasteiger partial charge in [-0.15, -0.1) is 0 Å². The van der Waals surface area contributed by atoms with E-state index >= 15 is 0 Å². The van der Waals surface area contributed by atoms with Crippen LogP contribution in [0.2, 0.25) is 0 Å². The Morgan fingerprint density at radius 3 is 2.83 bits per heavy atom. The molecule has 1 heterocycles. The molecule has 0 bridgehead atoms. The summed E-state index contributed by atoms with van der Waals surface area (Å²) in [7, 11) is 3.24. The van der Waals surface area contributed by atoms with Crippen molar-refractivity contribution in [3.63, 3.8) is 0 Å². The van der Waals surface area contributed by atoms with E-state index < -0.39 is 0 Å². The molecule has 0 unspecified atom stereocenters. The van der Waals surface area contributed by atoms with Crippen LogP contribution in [0.25, 0.3) is 0 Å². The molecule has 0 aliphatic carbocycles. The van der Waals surface area contributed by atoms with E-state index in [1.807, 2.05) is 0 Å². The Morgan fingerprint density at radius 1 is 1.44 bits per heavy atom. The maximum absolute atomic E-state index is 12.0. The second kappa shape index (κ2) is 8.05. The Balaban J connectivity index is 2.27. The molecule has 1 aliphatic heterocycles. The van der Waals surface area contributed by atoms with Crippen molar-refractivity contribution in [1.29, 1.82) is 0 Å². The van der Waals surface area contributed by atoms with Gasteiger partial charge >= 0.3 is 0 Å². The summed E-state index contributed by atoms with van der Waals surface area (Å²) in [5, 5.41) is 5.88. The Bertz CT molecular complexity index is 278. The molecule has 104 valence electrons. The van der Waals surface area contributed by atoms with E-state index in [1.165, 1.54) is 4.90 Å². The molecule has 6 heteroatoms. The molecule has 2 N–H and O–H groups in total. The zero-order valence-corrected chi connectivity index (χ0v) is 11.2. The van der Waals surface area contributed by atoms with Gasteiger partial charge in [0.05, 0.1) is 19.2 Å².